The summed E-state index contributed by atoms with van der Waals surface area (Å²) in [6.07, 6.45) is 9.35. The lowest BCUT2D eigenvalue weighted by Gasteiger charge is -2.28. The van der Waals surface area contributed by atoms with Crippen molar-refractivity contribution in [2.75, 3.05) is 18.5 Å². The van der Waals surface area contributed by atoms with E-state index in [0.29, 0.717) is 24.2 Å². The van der Waals surface area contributed by atoms with Crippen molar-refractivity contribution in [3.05, 3.63) is 52.1 Å². The van der Waals surface area contributed by atoms with Crippen LogP contribution in [0.2, 0.25) is 0 Å². The molecule has 2 aliphatic heterocycles. The van der Waals surface area contributed by atoms with Crippen LogP contribution >= 0.6 is 0 Å². The van der Waals surface area contributed by atoms with Gasteiger partial charge in [0.15, 0.2) is 0 Å². The van der Waals surface area contributed by atoms with Gasteiger partial charge >= 0.3 is 0 Å². The van der Waals surface area contributed by atoms with Crippen LogP contribution in [0.15, 0.2) is 23.3 Å². The summed E-state index contributed by atoms with van der Waals surface area (Å²) in [5, 5.41) is 6.91. The third kappa shape index (κ3) is 5.58. The summed E-state index contributed by atoms with van der Waals surface area (Å²) in [5.74, 6) is -0.128. The highest BCUT2D eigenvalue weighted by atomic mass is 16.5. The van der Waals surface area contributed by atoms with Crippen molar-refractivity contribution in [3.8, 4) is 0 Å². The maximum absolute atomic E-state index is 12.8. The fourth-order valence-electron chi connectivity index (χ4n) is 4.51. The minimum Gasteiger partial charge on any atom is -0.381 e. The van der Waals surface area contributed by atoms with Gasteiger partial charge in [-0.2, -0.15) is 0 Å². The lowest BCUT2D eigenvalue weighted by atomic mass is 9.98. The summed E-state index contributed by atoms with van der Waals surface area (Å²) in [6.45, 7) is 8.17. The molecule has 1 atom stereocenters. The summed E-state index contributed by atoms with van der Waals surface area (Å²) in [6, 6.07) is 4.34. The summed E-state index contributed by atoms with van der Waals surface area (Å²) in [5.41, 5.74) is 6.81. The van der Waals surface area contributed by atoms with Crippen molar-refractivity contribution < 1.29 is 9.53 Å². The SMILES string of the molecule is CCc1nc2c(c(NC3CCOCC3)c1CNC(=O)c1ccc(C)nc1)C=NC(CC)CC2. The number of aliphatic imine (C=N–C) groups is 1. The Kier molecular flexibility index (Phi) is 7.70. The van der Waals surface area contributed by atoms with Crippen molar-refractivity contribution in [2.24, 2.45) is 4.99 Å². The van der Waals surface area contributed by atoms with Crippen LogP contribution in [0.4, 0.5) is 5.69 Å². The van der Waals surface area contributed by atoms with Gasteiger partial charge in [-0.05, 0) is 57.6 Å². The number of rotatable bonds is 7. The highest BCUT2D eigenvalue weighted by Crippen LogP contribution is 2.31. The highest BCUT2D eigenvalue weighted by molar-refractivity contribution is 5.94. The van der Waals surface area contributed by atoms with Crippen molar-refractivity contribution in [3.63, 3.8) is 0 Å². The monoisotopic (exact) mass is 449 g/mol. The van der Waals surface area contributed by atoms with Crippen molar-refractivity contribution >= 4 is 17.8 Å². The Morgan fingerprint density at radius 1 is 1.18 bits per heavy atom. The fourth-order valence-corrected chi connectivity index (χ4v) is 4.51. The van der Waals surface area contributed by atoms with E-state index in [9.17, 15) is 4.79 Å². The van der Waals surface area contributed by atoms with Gasteiger partial charge in [0.1, 0.15) is 0 Å². The molecule has 7 nitrogen and oxygen atoms in total. The molecule has 0 radical (unpaired) electrons. The van der Waals surface area contributed by atoms with Crippen molar-refractivity contribution in [1.82, 2.24) is 15.3 Å². The van der Waals surface area contributed by atoms with E-state index < -0.39 is 0 Å². The average Bonchev–Trinajstić information content (AvgIpc) is 3.06. The number of aromatic nitrogens is 2. The molecule has 7 heteroatoms. The van der Waals surface area contributed by atoms with Gasteiger partial charge in [0.2, 0.25) is 0 Å². The molecule has 0 aliphatic carbocycles. The number of ether oxygens (including phenoxy) is 1. The van der Waals surface area contributed by atoms with Gasteiger partial charge in [0, 0.05) is 60.7 Å². The number of nitrogens with zero attached hydrogens (tertiary/aromatic N) is 3. The number of hydrogen-bond donors (Lipinski definition) is 2. The molecule has 2 aliphatic rings. The van der Waals surface area contributed by atoms with Gasteiger partial charge < -0.3 is 15.4 Å². The first-order chi connectivity index (χ1) is 16.1. The predicted octanol–water partition coefficient (Wildman–Crippen LogP) is 4.01. The zero-order valence-corrected chi connectivity index (χ0v) is 20.0. The lowest BCUT2D eigenvalue weighted by molar-refractivity contribution is 0.0904. The van der Waals surface area contributed by atoms with E-state index in [2.05, 4.69) is 29.5 Å². The van der Waals surface area contributed by atoms with Crippen LogP contribution in [-0.4, -0.2) is 47.4 Å². The van der Waals surface area contributed by atoms with Gasteiger partial charge in [-0.1, -0.05) is 13.8 Å². The number of nitrogens with one attached hydrogen (secondary N) is 2. The molecule has 0 aromatic carbocycles. The molecule has 2 aromatic heterocycles. The number of fused-ring (bicyclic) bond motifs is 1. The number of carbonyl (C=O) groups excluding carboxylic acids is 1. The van der Waals surface area contributed by atoms with E-state index in [0.717, 1.165) is 85.6 Å². The standard InChI is InChI=1S/C26H35N5O2/c1-4-19-8-9-24-22(15-28-19)25(30-20-10-12-33-13-11-20)21(23(5-2)31-24)16-29-26(32)18-7-6-17(3)27-14-18/h6-7,14-15,19-20H,4-5,8-13,16H2,1-3H3,(H,29,32)(H,30,31). The second kappa shape index (κ2) is 10.9. The highest BCUT2D eigenvalue weighted by Gasteiger charge is 2.24. The molecule has 0 bridgehead atoms. The average molecular weight is 450 g/mol. The van der Waals surface area contributed by atoms with Gasteiger partial charge in [-0.15, -0.1) is 0 Å². The topological polar surface area (TPSA) is 88.5 Å². The molecule has 1 amide bonds. The van der Waals surface area contributed by atoms with Gasteiger partial charge in [-0.3, -0.25) is 19.8 Å². The number of anilines is 1. The van der Waals surface area contributed by atoms with Crippen LogP contribution in [0.1, 0.15) is 78.1 Å². The third-order valence-corrected chi connectivity index (χ3v) is 6.60. The molecule has 176 valence electrons. The van der Waals surface area contributed by atoms with Crippen LogP contribution in [0.25, 0.3) is 0 Å². The number of hydrogen-bond acceptors (Lipinski definition) is 6. The number of carbonyl (C=O) groups is 1. The van der Waals surface area contributed by atoms with Gasteiger partial charge in [0.05, 0.1) is 23.0 Å². The first-order valence-corrected chi connectivity index (χ1v) is 12.2. The third-order valence-electron chi connectivity index (χ3n) is 6.60. The Labute approximate surface area is 196 Å². The smallest absolute Gasteiger partial charge is 0.253 e. The second-order valence-electron chi connectivity index (χ2n) is 8.91. The number of pyridine rings is 2. The van der Waals surface area contributed by atoms with E-state index in [1.165, 1.54) is 0 Å². The van der Waals surface area contributed by atoms with E-state index >= 15 is 0 Å². The molecule has 33 heavy (non-hydrogen) atoms. The normalized spacial score (nSPS) is 18.5. The van der Waals surface area contributed by atoms with Gasteiger partial charge in [-0.25, -0.2) is 0 Å². The van der Waals surface area contributed by atoms with Crippen LogP contribution in [-0.2, 0) is 24.1 Å². The zero-order valence-electron chi connectivity index (χ0n) is 20.0. The molecule has 0 saturated carbocycles. The Hall–Kier alpha value is -2.80. The Balaban J connectivity index is 1.68. The summed E-state index contributed by atoms with van der Waals surface area (Å²) >= 11 is 0. The lowest BCUT2D eigenvalue weighted by Crippen LogP contribution is -2.31. The summed E-state index contributed by atoms with van der Waals surface area (Å²) < 4.78 is 5.57. The molecule has 1 saturated heterocycles. The Bertz CT molecular complexity index is 997. The molecule has 4 heterocycles. The summed E-state index contributed by atoms with van der Waals surface area (Å²) in [4.78, 5) is 27.0. The van der Waals surface area contributed by atoms with Crippen LogP contribution < -0.4 is 10.6 Å². The molecule has 2 N–H and O–H groups in total. The Morgan fingerprint density at radius 2 is 2.00 bits per heavy atom. The van der Waals surface area contributed by atoms with Crippen LogP contribution in [0.5, 0.6) is 0 Å². The summed E-state index contributed by atoms with van der Waals surface area (Å²) in [7, 11) is 0. The molecule has 1 unspecified atom stereocenters. The van der Waals surface area contributed by atoms with Crippen molar-refractivity contribution in [1.29, 1.82) is 0 Å². The largest absolute Gasteiger partial charge is 0.381 e. The minimum atomic E-state index is -0.128. The fraction of sp³-hybridized carbons (Fsp3) is 0.538. The Morgan fingerprint density at radius 3 is 2.70 bits per heavy atom. The van der Waals surface area contributed by atoms with Gasteiger partial charge in [0.25, 0.3) is 5.91 Å². The van der Waals surface area contributed by atoms with Crippen LogP contribution in [0.3, 0.4) is 0 Å². The molecule has 1 fully saturated rings. The maximum Gasteiger partial charge on any atom is 0.253 e. The van der Waals surface area contributed by atoms with E-state index in [1.54, 1.807) is 6.20 Å². The minimum absolute atomic E-state index is 0.128. The second-order valence-corrected chi connectivity index (χ2v) is 8.91. The molecule has 0 spiro atoms. The number of aryl methyl sites for hydroxylation is 3. The van der Waals surface area contributed by atoms with E-state index in [4.69, 9.17) is 14.7 Å². The number of amides is 1. The molecular formula is C26H35N5O2. The maximum atomic E-state index is 12.8. The van der Waals surface area contributed by atoms with Crippen LogP contribution in [0, 0.1) is 6.92 Å². The molecule has 4 rings (SSSR count). The molecule has 2 aromatic rings. The van der Waals surface area contributed by atoms with E-state index in [-0.39, 0.29) is 5.91 Å². The first-order valence-electron chi connectivity index (χ1n) is 12.2. The zero-order chi connectivity index (χ0) is 23.2. The molecular weight excluding hydrogens is 414 g/mol. The van der Waals surface area contributed by atoms with E-state index in [1.807, 2.05) is 25.3 Å². The quantitative estimate of drug-likeness (QED) is 0.667. The predicted molar refractivity (Wildman–Crippen MR) is 131 cm³/mol. The first kappa shape index (κ1) is 23.4. The van der Waals surface area contributed by atoms with Crippen molar-refractivity contribution in [2.45, 2.75) is 77.9 Å².